The number of ether oxygens (including phenoxy) is 1. The first-order valence-corrected chi connectivity index (χ1v) is 7.13. The highest BCUT2D eigenvalue weighted by atomic mass is 32.2. The quantitative estimate of drug-likeness (QED) is 0.623. The van der Waals surface area contributed by atoms with Gasteiger partial charge in [-0.3, -0.25) is 0 Å². The minimum absolute atomic E-state index is 0.00210. The lowest BCUT2D eigenvalue weighted by molar-refractivity contribution is 0.173. The van der Waals surface area contributed by atoms with E-state index in [1.165, 1.54) is 7.11 Å². The summed E-state index contributed by atoms with van der Waals surface area (Å²) in [5.74, 6) is 0. The summed E-state index contributed by atoms with van der Waals surface area (Å²) in [5, 5.41) is -0.812. The first-order valence-electron chi connectivity index (χ1n) is 5.18. The molecule has 3 N–H and O–H groups in total. The molecule has 0 aliphatic carbocycles. The third-order valence-electron chi connectivity index (χ3n) is 2.25. The van der Waals surface area contributed by atoms with E-state index in [1.54, 1.807) is 6.92 Å². The molecule has 0 saturated carbocycles. The van der Waals surface area contributed by atoms with Crippen molar-refractivity contribution in [3.8, 4) is 0 Å². The first-order chi connectivity index (χ1) is 7.38. The summed E-state index contributed by atoms with van der Waals surface area (Å²) in [6.45, 7) is 3.96. The van der Waals surface area contributed by atoms with Crippen LogP contribution >= 0.6 is 12.2 Å². The molecule has 0 heterocycles. The number of hydrogen-bond acceptors (Lipinski definition) is 4. The molecule has 0 amide bonds. The molecular weight excluding hydrogens is 248 g/mol. The van der Waals surface area contributed by atoms with Crippen molar-refractivity contribution in [2.45, 2.75) is 38.0 Å². The zero-order chi connectivity index (χ0) is 12.8. The number of rotatable bonds is 8. The number of hydrogen-bond donors (Lipinski definition) is 2. The van der Waals surface area contributed by atoms with Crippen LogP contribution in [0.25, 0.3) is 0 Å². The Morgan fingerprint density at radius 1 is 1.44 bits per heavy atom. The van der Waals surface area contributed by atoms with Crippen LogP contribution in [0.4, 0.5) is 0 Å². The number of thiocarbonyl (C=S) groups is 1. The second-order valence-corrected chi connectivity index (χ2v) is 5.89. The lowest BCUT2D eigenvalue weighted by Crippen LogP contribution is -2.46. The van der Waals surface area contributed by atoms with Gasteiger partial charge in [0.1, 0.15) is 5.25 Å². The molecule has 0 rings (SSSR count). The minimum atomic E-state index is -3.50. The zero-order valence-corrected chi connectivity index (χ0v) is 11.5. The summed E-state index contributed by atoms with van der Waals surface area (Å²) >= 11 is 4.75. The standard InChI is InChI=1S/C9H20N2O3S2/c1-4-7(6-14-3)11-16(12,13)8(5-2)9(10)15/h7-8,11H,4-6H2,1-3H3,(H2,10,15). The molecule has 2 atom stereocenters. The van der Waals surface area contributed by atoms with Crippen molar-refractivity contribution in [2.24, 2.45) is 5.73 Å². The van der Waals surface area contributed by atoms with E-state index in [0.29, 0.717) is 19.4 Å². The monoisotopic (exact) mass is 268 g/mol. The van der Waals surface area contributed by atoms with E-state index in [9.17, 15) is 8.42 Å². The molecule has 0 aliphatic heterocycles. The van der Waals surface area contributed by atoms with Crippen LogP contribution in [0.3, 0.4) is 0 Å². The molecule has 0 fully saturated rings. The summed E-state index contributed by atoms with van der Waals surface area (Å²) in [4.78, 5) is 0.00210. The Morgan fingerprint density at radius 3 is 2.31 bits per heavy atom. The van der Waals surface area contributed by atoms with Crippen molar-refractivity contribution in [2.75, 3.05) is 13.7 Å². The summed E-state index contributed by atoms with van der Waals surface area (Å²) in [7, 11) is -1.97. The van der Waals surface area contributed by atoms with Gasteiger partial charge >= 0.3 is 0 Å². The molecule has 0 aromatic heterocycles. The third-order valence-corrected chi connectivity index (χ3v) is 4.69. The van der Waals surface area contributed by atoms with Gasteiger partial charge in [0.2, 0.25) is 10.0 Å². The average Bonchev–Trinajstić information content (AvgIpc) is 2.16. The fourth-order valence-electron chi connectivity index (χ4n) is 1.32. The Labute approximate surface area is 103 Å². The molecule has 16 heavy (non-hydrogen) atoms. The van der Waals surface area contributed by atoms with Gasteiger partial charge in [0.25, 0.3) is 0 Å². The van der Waals surface area contributed by atoms with Crippen molar-refractivity contribution < 1.29 is 13.2 Å². The summed E-state index contributed by atoms with van der Waals surface area (Å²) < 4.78 is 31.3. The van der Waals surface area contributed by atoms with Gasteiger partial charge in [-0.05, 0) is 12.8 Å². The van der Waals surface area contributed by atoms with Crippen molar-refractivity contribution in [3.63, 3.8) is 0 Å². The van der Waals surface area contributed by atoms with Gasteiger partial charge in [-0.25, -0.2) is 13.1 Å². The molecule has 0 saturated heterocycles. The van der Waals surface area contributed by atoms with Crippen molar-refractivity contribution in [3.05, 3.63) is 0 Å². The fraction of sp³-hybridized carbons (Fsp3) is 0.889. The number of methoxy groups -OCH3 is 1. The topological polar surface area (TPSA) is 81.4 Å². The third kappa shape index (κ3) is 4.73. The van der Waals surface area contributed by atoms with Gasteiger partial charge in [-0.1, -0.05) is 26.1 Å². The van der Waals surface area contributed by atoms with Crippen LogP contribution in [-0.4, -0.2) is 38.4 Å². The second kappa shape index (κ2) is 7.16. The molecule has 5 nitrogen and oxygen atoms in total. The Hall–Kier alpha value is -0.240. The molecule has 2 unspecified atom stereocenters. The minimum Gasteiger partial charge on any atom is -0.392 e. The largest absolute Gasteiger partial charge is 0.392 e. The molecule has 7 heteroatoms. The van der Waals surface area contributed by atoms with Crippen LogP contribution in [0.1, 0.15) is 26.7 Å². The van der Waals surface area contributed by atoms with Crippen molar-refractivity contribution in [1.82, 2.24) is 4.72 Å². The summed E-state index contributed by atoms with van der Waals surface area (Å²) in [5.41, 5.74) is 5.41. The molecule has 0 aromatic carbocycles. The second-order valence-electron chi connectivity index (χ2n) is 3.52. The SMILES string of the molecule is CCC(COC)NS(=O)(=O)C(CC)C(N)=S. The summed E-state index contributed by atoms with van der Waals surface area (Å²) in [6, 6.07) is -0.238. The average molecular weight is 268 g/mol. The highest BCUT2D eigenvalue weighted by Gasteiger charge is 2.28. The lowest BCUT2D eigenvalue weighted by atomic mass is 10.3. The molecule has 0 aliphatic rings. The van der Waals surface area contributed by atoms with Gasteiger partial charge in [-0.15, -0.1) is 0 Å². The van der Waals surface area contributed by atoms with Gasteiger partial charge in [0, 0.05) is 13.2 Å². The van der Waals surface area contributed by atoms with E-state index >= 15 is 0 Å². The van der Waals surface area contributed by atoms with E-state index in [2.05, 4.69) is 4.72 Å². The fourth-order valence-corrected chi connectivity index (χ4v) is 3.48. The van der Waals surface area contributed by atoms with E-state index in [1.807, 2.05) is 6.92 Å². The predicted octanol–water partition coefficient (Wildman–Crippen LogP) is 0.396. The van der Waals surface area contributed by atoms with Crippen molar-refractivity contribution >= 4 is 27.2 Å². The van der Waals surface area contributed by atoms with Crippen LogP contribution in [0.15, 0.2) is 0 Å². The van der Waals surface area contributed by atoms with Crippen LogP contribution in [0, 0.1) is 0 Å². The molecule has 96 valence electrons. The summed E-state index contributed by atoms with van der Waals surface area (Å²) in [6.07, 6.45) is 1.02. The molecule has 0 spiro atoms. The van der Waals surface area contributed by atoms with Gasteiger partial charge < -0.3 is 10.5 Å². The Balaban J connectivity index is 4.71. The van der Waals surface area contributed by atoms with Crippen molar-refractivity contribution in [1.29, 1.82) is 0 Å². The maximum Gasteiger partial charge on any atom is 0.221 e. The first kappa shape index (κ1) is 15.8. The molecular formula is C9H20N2O3S2. The van der Waals surface area contributed by atoms with Gasteiger partial charge in [0.15, 0.2) is 0 Å². The normalized spacial score (nSPS) is 15.7. The highest BCUT2D eigenvalue weighted by molar-refractivity contribution is 7.93. The number of nitrogens with one attached hydrogen (secondary N) is 1. The van der Waals surface area contributed by atoms with Gasteiger partial charge in [0.05, 0.1) is 11.6 Å². The highest BCUT2D eigenvalue weighted by Crippen LogP contribution is 2.07. The van der Waals surface area contributed by atoms with Crippen LogP contribution in [0.2, 0.25) is 0 Å². The Bertz CT molecular complexity index is 317. The molecule has 0 aromatic rings. The maximum atomic E-state index is 11.9. The van der Waals surface area contributed by atoms with E-state index < -0.39 is 15.3 Å². The maximum absolute atomic E-state index is 11.9. The van der Waals surface area contributed by atoms with Gasteiger partial charge in [-0.2, -0.15) is 0 Å². The Kier molecular flexibility index (Phi) is 7.05. The van der Waals surface area contributed by atoms with E-state index in [4.69, 9.17) is 22.7 Å². The van der Waals surface area contributed by atoms with E-state index in [0.717, 1.165) is 0 Å². The van der Waals surface area contributed by atoms with Crippen LogP contribution in [-0.2, 0) is 14.8 Å². The smallest absolute Gasteiger partial charge is 0.221 e. The predicted molar refractivity (Wildman–Crippen MR) is 68.9 cm³/mol. The Morgan fingerprint density at radius 2 is 2.00 bits per heavy atom. The number of nitrogens with two attached hydrogens (primary N) is 1. The van der Waals surface area contributed by atoms with Crippen LogP contribution < -0.4 is 10.5 Å². The molecule has 0 radical (unpaired) electrons. The lowest BCUT2D eigenvalue weighted by Gasteiger charge is -2.20. The number of sulfonamides is 1. The van der Waals surface area contributed by atoms with E-state index in [-0.39, 0.29) is 11.0 Å². The zero-order valence-electron chi connectivity index (χ0n) is 9.89. The van der Waals surface area contributed by atoms with Crippen LogP contribution in [0.5, 0.6) is 0 Å². The molecule has 0 bridgehead atoms.